The summed E-state index contributed by atoms with van der Waals surface area (Å²) in [5, 5.41) is 3.26. The van der Waals surface area contributed by atoms with Gasteiger partial charge in [0.1, 0.15) is 5.54 Å². The number of ether oxygens (including phenoxy) is 1. The van der Waals surface area contributed by atoms with Gasteiger partial charge in [0.15, 0.2) is 0 Å². The molecule has 100 valence electrons. The summed E-state index contributed by atoms with van der Waals surface area (Å²) >= 11 is 1.95. The molecule has 0 aromatic rings. The molecule has 0 aromatic heterocycles. The molecule has 0 aliphatic heterocycles. The maximum atomic E-state index is 12.1. The molecule has 4 heteroatoms. The second kappa shape index (κ2) is 7.27. The Morgan fingerprint density at radius 1 is 1.53 bits per heavy atom. The lowest BCUT2D eigenvalue weighted by Crippen LogP contribution is -2.54. The summed E-state index contributed by atoms with van der Waals surface area (Å²) in [5.41, 5.74) is -0.412. The van der Waals surface area contributed by atoms with E-state index in [-0.39, 0.29) is 5.97 Å². The zero-order valence-electron chi connectivity index (χ0n) is 11.3. The van der Waals surface area contributed by atoms with E-state index in [1.807, 2.05) is 25.7 Å². The van der Waals surface area contributed by atoms with Crippen LogP contribution >= 0.6 is 11.8 Å². The third-order valence-corrected chi connectivity index (χ3v) is 4.65. The third kappa shape index (κ3) is 3.38. The van der Waals surface area contributed by atoms with Gasteiger partial charge < -0.3 is 10.1 Å². The van der Waals surface area contributed by atoms with Crippen LogP contribution in [0.1, 0.15) is 39.5 Å². The lowest BCUT2D eigenvalue weighted by Gasteiger charge is -2.32. The lowest BCUT2D eigenvalue weighted by atomic mass is 9.85. The molecule has 0 saturated heterocycles. The number of carbonyl (C=O) groups is 1. The van der Waals surface area contributed by atoms with Gasteiger partial charge >= 0.3 is 5.97 Å². The van der Waals surface area contributed by atoms with Crippen LogP contribution in [0.2, 0.25) is 0 Å². The van der Waals surface area contributed by atoms with Crippen molar-refractivity contribution in [1.82, 2.24) is 5.32 Å². The SMILES string of the molecule is CCOC(=O)C1(NC)CCCC1CCSCC. The topological polar surface area (TPSA) is 38.3 Å². The highest BCUT2D eigenvalue weighted by Crippen LogP contribution is 2.39. The first-order chi connectivity index (χ1) is 8.21. The van der Waals surface area contributed by atoms with E-state index in [9.17, 15) is 4.79 Å². The predicted molar refractivity (Wildman–Crippen MR) is 73.4 cm³/mol. The first kappa shape index (κ1) is 14.8. The Bertz CT molecular complexity index is 248. The molecule has 0 amide bonds. The molecule has 3 nitrogen and oxygen atoms in total. The Morgan fingerprint density at radius 3 is 2.88 bits per heavy atom. The van der Waals surface area contributed by atoms with Crippen molar-refractivity contribution in [3.8, 4) is 0 Å². The first-order valence-electron chi connectivity index (χ1n) is 6.65. The van der Waals surface area contributed by atoms with Crippen molar-refractivity contribution in [3.63, 3.8) is 0 Å². The Labute approximate surface area is 109 Å². The molecular formula is C13H25NO2S. The number of hydrogen-bond acceptors (Lipinski definition) is 4. The van der Waals surface area contributed by atoms with Crippen LogP contribution in [0.5, 0.6) is 0 Å². The van der Waals surface area contributed by atoms with Gasteiger partial charge in [-0.1, -0.05) is 13.3 Å². The number of hydrogen-bond donors (Lipinski definition) is 1. The molecule has 0 bridgehead atoms. The van der Waals surface area contributed by atoms with E-state index >= 15 is 0 Å². The molecule has 0 spiro atoms. The number of nitrogens with one attached hydrogen (secondary N) is 1. The van der Waals surface area contributed by atoms with E-state index in [0.29, 0.717) is 12.5 Å². The Hall–Kier alpha value is -0.220. The van der Waals surface area contributed by atoms with Gasteiger partial charge in [0.25, 0.3) is 0 Å². The Balaban J connectivity index is 2.63. The molecule has 1 aliphatic rings. The molecule has 1 aliphatic carbocycles. The summed E-state index contributed by atoms with van der Waals surface area (Å²) in [7, 11) is 1.89. The summed E-state index contributed by atoms with van der Waals surface area (Å²) in [6, 6.07) is 0. The van der Waals surface area contributed by atoms with Crippen LogP contribution in [0, 0.1) is 5.92 Å². The van der Waals surface area contributed by atoms with E-state index in [2.05, 4.69) is 12.2 Å². The van der Waals surface area contributed by atoms with Gasteiger partial charge in [0, 0.05) is 0 Å². The molecular weight excluding hydrogens is 234 g/mol. The van der Waals surface area contributed by atoms with Gasteiger partial charge in [-0.3, -0.25) is 4.79 Å². The Morgan fingerprint density at radius 2 is 2.29 bits per heavy atom. The van der Waals surface area contributed by atoms with Crippen molar-refractivity contribution >= 4 is 17.7 Å². The maximum absolute atomic E-state index is 12.1. The Kier molecular flexibility index (Phi) is 6.34. The fourth-order valence-corrected chi connectivity index (χ4v) is 3.54. The summed E-state index contributed by atoms with van der Waals surface area (Å²) in [5.74, 6) is 2.68. The van der Waals surface area contributed by atoms with Crippen LogP contribution in [0.25, 0.3) is 0 Å². The summed E-state index contributed by atoms with van der Waals surface area (Å²) in [6.07, 6.45) is 4.30. The van der Waals surface area contributed by atoms with Gasteiger partial charge in [0.05, 0.1) is 6.61 Å². The van der Waals surface area contributed by atoms with Crippen LogP contribution in [-0.4, -0.2) is 36.7 Å². The van der Waals surface area contributed by atoms with Gasteiger partial charge in [-0.2, -0.15) is 11.8 Å². The van der Waals surface area contributed by atoms with E-state index in [0.717, 1.165) is 37.2 Å². The number of esters is 1. The molecule has 0 radical (unpaired) electrons. The third-order valence-electron chi connectivity index (χ3n) is 3.72. The number of likely N-dealkylation sites (N-methyl/N-ethyl adjacent to an activating group) is 1. The van der Waals surface area contributed by atoms with Gasteiger partial charge in [-0.15, -0.1) is 0 Å². The zero-order valence-corrected chi connectivity index (χ0v) is 12.1. The molecule has 0 heterocycles. The fraction of sp³-hybridized carbons (Fsp3) is 0.923. The summed E-state index contributed by atoms with van der Waals surface area (Å²) < 4.78 is 5.25. The standard InChI is InChI=1S/C13H25NO2S/c1-4-16-12(15)13(14-3)9-6-7-11(13)8-10-17-5-2/h11,14H,4-10H2,1-3H3. The van der Waals surface area contributed by atoms with Gasteiger partial charge in [-0.25, -0.2) is 0 Å². The van der Waals surface area contributed by atoms with Crippen molar-refractivity contribution in [2.45, 2.75) is 45.1 Å². The highest BCUT2D eigenvalue weighted by atomic mass is 32.2. The highest BCUT2D eigenvalue weighted by molar-refractivity contribution is 7.99. The van der Waals surface area contributed by atoms with E-state index in [1.54, 1.807) is 0 Å². The van der Waals surface area contributed by atoms with E-state index in [1.165, 1.54) is 0 Å². The van der Waals surface area contributed by atoms with E-state index < -0.39 is 5.54 Å². The molecule has 2 atom stereocenters. The second-order valence-corrected chi connectivity index (χ2v) is 5.91. The van der Waals surface area contributed by atoms with Crippen LogP contribution in [0.3, 0.4) is 0 Å². The maximum Gasteiger partial charge on any atom is 0.326 e. The van der Waals surface area contributed by atoms with Crippen molar-refractivity contribution in [3.05, 3.63) is 0 Å². The summed E-state index contributed by atoms with van der Waals surface area (Å²) in [4.78, 5) is 12.1. The number of carbonyl (C=O) groups excluding carboxylic acids is 1. The normalized spacial score (nSPS) is 28.3. The first-order valence-corrected chi connectivity index (χ1v) is 7.80. The van der Waals surface area contributed by atoms with E-state index in [4.69, 9.17) is 4.74 Å². The minimum atomic E-state index is -0.412. The highest BCUT2D eigenvalue weighted by Gasteiger charge is 2.48. The van der Waals surface area contributed by atoms with Crippen molar-refractivity contribution in [2.75, 3.05) is 25.2 Å². The van der Waals surface area contributed by atoms with Gasteiger partial charge in [-0.05, 0) is 50.7 Å². The van der Waals surface area contributed by atoms with Gasteiger partial charge in [0.2, 0.25) is 0 Å². The van der Waals surface area contributed by atoms with Crippen molar-refractivity contribution in [2.24, 2.45) is 5.92 Å². The molecule has 1 rings (SSSR count). The fourth-order valence-electron chi connectivity index (χ4n) is 2.80. The molecule has 1 N–H and O–H groups in total. The zero-order chi connectivity index (χ0) is 12.7. The van der Waals surface area contributed by atoms with Crippen molar-refractivity contribution < 1.29 is 9.53 Å². The average molecular weight is 259 g/mol. The molecule has 17 heavy (non-hydrogen) atoms. The van der Waals surface area contributed by atoms with Crippen LogP contribution < -0.4 is 5.32 Å². The van der Waals surface area contributed by atoms with Crippen LogP contribution in [0.4, 0.5) is 0 Å². The largest absolute Gasteiger partial charge is 0.465 e. The van der Waals surface area contributed by atoms with Crippen molar-refractivity contribution in [1.29, 1.82) is 0 Å². The van der Waals surface area contributed by atoms with Crippen LogP contribution in [0.15, 0.2) is 0 Å². The molecule has 2 unspecified atom stereocenters. The summed E-state index contributed by atoms with van der Waals surface area (Å²) in [6.45, 7) is 4.52. The monoisotopic (exact) mass is 259 g/mol. The predicted octanol–water partition coefficient (Wildman–Crippen LogP) is 2.45. The quantitative estimate of drug-likeness (QED) is 0.563. The molecule has 1 saturated carbocycles. The minimum Gasteiger partial charge on any atom is -0.465 e. The lowest BCUT2D eigenvalue weighted by molar-refractivity contribution is -0.152. The average Bonchev–Trinajstić information content (AvgIpc) is 2.74. The number of rotatable bonds is 7. The second-order valence-electron chi connectivity index (χ2n) is 4.52. The smallest absolute Gasteiger partial charge is 0.326 e. The molecule has 0 aromatic carbocycles. The molecule has 1 fully saturated rings. The number of thioether (sulfide) groups is 1. The minimum absolute atomic E-state index is 0.0495. The van der Waals surface area contributed by atoms with Crippen LogP contribution in [-0.2, 0) is 9.53 Å².